The number of benzene rings is 1. The number of hydrogen-bond donors (Lipinski definition) is 0. The average molecular weight is 436 g/mol. The zero-order valence-corrected chi connectivity index (χ0v) is 16.1. The molecule has 1 aromatic carbocycles. The highest BCUT2D eigenvalue weighted by Gasteiger charge is 2.59. The molecule has 2 amide bonds. The molecular formula is C19H16BrClN2O3. The van der Waals surface area contributed by atoms with E-state index < -0.39 is 0 Å². The number of hydrazone groups is 1. The van der Waals surface area contributed by atoms with E-state index in [9.17, 15) is 9.59 Å². The molecule has 1 saturated carbocycles. The zero-order chi connectivity index (χ0) is 18.4. The van der Waals surface area contributed by atoms with Gasteiger partial charge in [-0.25, -0.2) is 0 Å². The molecule has 4 unspecified atom stereocenters. The number of carbonyl (C=O) groups excluding carboxylic acids is 2. The lowest BCUT2D eigenvalue weighted by molar-refractivity contribution is -0.140. The highest BCUT2D eigenvalue weighted by Crippen LogP contribution is 2.52. The largest absolute Gasteiger partial charge is 0.488 e. The number of amides is 2. The second-order valence-electron chi connectivity index (χ2n) is 6.64. The van der Waals surface area contributed by atoms with E-state index in [-0.39, 0.29) is 35.5 Å². The normalized spacial score (nSPS) is 29.1. The van der Waals surface area contributed by atoms with E-state index in [2.05, 4.69) is 39.8 Å². The van der Waals surface area contributed by atoms with Crippen molar-refractivity contribution in [2.45, 2.75) is 6.42 Å². The molecule has 7 heteroatoms. The Labute approximate surface area is 164 Å². The van der Waals surface area contributed by atoms with Gasteiger partial charge in [0.1, 0.15) is 12.4 Å². The number of ether oxygens (including phenoxy) is 1. The minimum atomic E-state index is -0.266. The van der Waals surface area contributed by atoms with Crippen molar-refractivity contribution in [3.63, 3.8) is 0 Å². The molecule has 0 radical (unpaired) electrons. The fourth-order valence-corrected chi connectivity index (χ4v) is 5.04. The number of allylic oxidation sites excluding steroid dienone is 2. The van der Waals surface area contributed by atoms with Crippen LogP contribution in [0.1, 0.15) is 12.0 Å². The Balaban J connectivity index is 1.62. The Hall–Kier alpha value is -1.92. The molecule has 3 aliphatic rings. The van der Waals surface area contributed by atoms with Crippen LogP contribution in [0, 0.1) is 23.7 Å². The van der Waals surface area contributed by atoms with Gasteiger partial charge in [0.25, 0.3) is 11.8 Å². The molecule has 5 nitrogen and oxygen atoms in total. The molecule has 1 saturated heterocycles. The molecule has 0 N–H and O–H groups in total. The summed E-state index contributed by atoms with van der Waals surface area (Å²) in [6, 6.07) is 3.38. The van der Waals surface area contributed by atoms with Crippen molar-refractivity contribution < 1.29 is 14.3 Å². The van der Waals surface area contributed by atoms with E-state index in [1.54, 1.807) is 18.2 Å². The van der Waals surface area contributed by atoms with E-state index in [1.807, 2.05) is 0 Å². The van der Waals surface area contributed by atoms with Gasteiger partial charge in [-0.2, -0.15) is 10.1 Å². The summed E-state index contributed by atoms with van der Waals surface area (Å²) in [5, 5.41) is 5.68. The molecule has 1 heterocycles. The fraction of sp³-hybridized carbons (Fsp3) is 0.316. The van der Waals surface area contributed by atoms with Crippen LogP contribution in [-0.2, 0) is 9.59 Å². The van der Waals surface area contributed by atoms with E-state index >= 15 is 0 Å². The molecule has 0 spiro atoms. The lowest BCUT2D eigenvalue weighted by atomic mass is 9.85. The van der Waals surface area contributed by atoms with Gasteiger partial charge in [-0.15, -0.1) is 0 Å². The van der Waals surface area contributed by atoms with Gasteiger partial charge in [-0.3, -0.25) is 9.59 Å². The third kappa shape index (κ3) is 2.72. The second kappa shape index (κ2) is 6.67. The first-order valence-electron chi connectivity index (χ1n) is 8.34. The first-order valence-corrected chi connectivity index (χ1v) is 9.51. The van der Waals surface area contributed by atoms with Crippen molar-refractivity contribution in [2.24, 2.45) is 28.8 Å². The Kier molecular flexibility index (Phi) is 4.49. The lowest BCUT2D eigenvalue weighted by Crippen LogP contribution is -2.28. The van der Waals surface area contributed by atoms with Crippen LogP contribution in [0.25, 0.3) is 0 Å². The molecule has 26 heavy (non-hydrogen) atoms. The minimum absolute atomic E-state index is 0.161. The Morgan fingerprint density at radius 3 is 2.54 bits per heavy atom. The van der Waals surface area contributed by atoms with Crippen molar-refractivity contribution in [3.05, 3.63) is 52.0 Å². The number of imide groups is 1. The maximum atomic E-state index is 12.7. The summed E-state index contributed by atoms with van der Waals surface area (Å²) in [4.78, 5) is 25.4. The zero-order valence-electron chi connectivity index (χ0n) is 13.8. The van der Waals surface area contributed by atoms with E-state index in [0.29, 0.717) is 27.4 Å². The standard InChI is InChI=1S/C19H16BrClN2O3/c1-2-5-26-17-12(7-13(21)8-14(17)20)9-22-23-18(24)15-10-3-4-11(6-10)16(15)19(23)25/h2-4,7-11,15-16H,1,5-6H2. The Morgan fingerprint density at radius 1 is 1.27 bits per heavy atom. The number of fused-ring (bicyclic) bond motifs is 5. The van der Waals surface area contributed by atoms with Crippen LogP contribution in [0.5, 0.6) is 5.75 Å². The van der Waals surface area contributed by atoms with Gasteiger partial charge >= 0.3 is 0 Å². The van der Waals surface area contributed by atoms with Crippen LogP contribution in [0.2, 0.25) is 5.02 Å². The van der Waals surface area contributed by atoms with Gasteiger partial charge in [-0.1, -0.05) is 36.4 Å². The fourth-order valence-electron chi connectivity index (χ4n) is 4.09. The van der Waals surface area contributed by atoms with Gasteiger partial charge in [0.2, 0.25) is 0 Å². The molecule has 134 valence electrons. The minimum Gasteiger partial charge on any atom is -0.488 e. The van der Waals surface area contributed by atoms with E-state index in [4.69, 9.17) is 16.3 Å². The molecule has 1 aromatic rings. The van der Waals surface area contributed by atoms with Gasteiger partial charge < -0.3 is 4.74 Å². The van der Waals surface area contributed by atoms with Crippen LogP contribution < -0.4 is 4.74 Å². The first-order chi connectivity index (χ1) is 12.5. The van der Waals surface area contributed by atoms with E-state index in [1.165, 1.54) is 6.21 Å². The molecular weight excluding hydrogens is 420 g/mol. The quantitative estimate of drug-likeness (QED) is 0.401. The molecule has 2 fully saturated rings. The second-order valence-corrected chi connectivity index (χ2v) is 7.93. The number of hydrogen-bond acceptors (Lipinski definition) is 4. The van der Waals surface area contributed by atoms with Crippen LogP contribution in [0.3, 0.4) is 0 Å². The predicted octanol–water partition coefficient (Wildman–Crippen LogP) is 3.81. The monoisotopic (exact) mass is 434 g/mol. The van der Waals surface area contributed by atoms with Gasteiger partial charge in [0, 0.05) is 10.6 Å². The summed E-state index contributed by atoms with van der Waals surface area (Å²) in [6.07, 6.45) is 8.07. The third-order valence-corrected chi connectivity index (χ3v) is 5.95. The van der Waals surface area contributed by atoms with Crippen molar-refractivity contribution in [2.75, 3.05) is 6.61 Å². The smallest absolute Gasteiger partial charge is 0.254 e. The van der Waals surface area contributed by atoms with E-state index in [0.717, 1.165) is 11.4 Å². The summed E-state index contributed by atoms with van der Waals surface area (Å²) in [5.41, 5.74) is 0.574. The molecule has 2 bridgehead atoms. The third-order valence-electron chi connectivity index (χ3n) is 5.14. The number of carbonyl (C=O) groups is 2. The number of rotatable bonds is 5. The maximum Gasteiger partial charge on any atom is 0.254 e. The topological polar surface area (TPSA) is 59.0 Å². The first kappa shape index (κ1) is 17.5. The molecule has 4 rings (SSSR count). The summed E-state index contributed by atoms with van der Waals surface area (Å²) in [7, 11) is 0. The average Bonchev–Trinajstić information content (AvgIpc) is 3.27. The van der Waals surface area contributed by atoms with Gasteiger partial charge in [0.05, 0.1) is 22.5 Å². The summed E-state index contributed by atoms with van der Waals surface area (Å²) in [5.74, 6) is -0.124. The van der Waals surface area contributed by atoms with Crippen molar-refractivity contribution in [1.29, 1.82) is 0 Å². The number of nitrogens with zero attached hydrogens (tertiary/aromatic N) is 2. The van der Waals surface area contributed by atoms with Crippen molar-refractivity contribution in [1.82, 2.24) is 5.01 Å². The van der Waals surface area contributed by atoms with Crippen molar-refractivity contribution >= 4 is 45.6 Å². The molecule has 1 aliphatic heterocycles. The SMILES string of the molecule is C=CCOc1c(Br)cc(Cl)cc1C=NN1C(=O)C2C3C=CC(C3)C2C1=O. The number of halogens is 2. The van der Waals surface area contributed by atoms with Crippen molar-refractivity contribution in [3.8, 4) is 5.75 Å². The van der Waals surface area contributed by atoms with Gasteiger partial charge in [0.15, 0.2) is 0 Å². The van der Waals surface area contributed by atoms with Crippen LogP contribution in [0.15, 0.2) is 46.5 Å². The van der Waals surface area contributed by atoms with Gasteiger partial charge in [-0.05, 0) is 46.3 Å². The summed E-state index contributed by atoms with van der Waals surface area (Å²) in [6.45, 7) is 3.94. The molecule has 2 aliphatic carbocycles. The maximum absolute atomic E-state index is 12.7. The summed E-state index contributed by atoms with van der Waals surface area (Å²) < 4.78 is 6.31. The lowest BCUT2D eigenvalue weighted by Gasteiger charge is -2.13. The predicted molar refractivity (Wildman–Crippen MR) is 102 cm³/mol. The van der Waals surface area contributed by atoms with Crippen LogP contribution in [-0.4, -0.2) is 29.6 Å². The highest BCUT2D eigenvalue weighted by molar-refractivity contribution is 9.10. The molecule has 0 aromatic heterocycles. The Morgan fingerprint density at radius 2 is 1.92 bits per heavy atom. The van der Waals surface area contributed by atoms with Crippen LogP contribution >= 0.6 is 27.5 Å². The highest BCUT2D eigenvalue weighted by atomic mass is 79.9. The summed E-state index contributed by atoms with van der Waals surface area (Å²) >= 11 is 9.52. The van der Waals surface area contributed by atoms with Crippen LogP contribution in [0.4, 0.5) is 0 Å². The Bertz CT molecular complexity index is 837. The molecule has 4 atom stereocenters.